The van der Waals surface area contributed by atoms with Crippen LogP contribution < -0.4 is 16.0 Å². The van der Waals surface area contributed by atoms with Gasteiger partial charge in [-0.3, -0.25) is 9.59 Å². The van der Waals surface area contributed by atoms with Gasteiger partial charge in [0.2, 0.25) is 5.91 Å². The summed E-state index contributed by atoms with van der Waals surface area (Å²) in [5.41, 5.74) is 2.16. The SMILES string of the molecule is COCCNCC(=O)Nc1cc(C(=O)NC2CC2)ccc1C. The molecule has 1 saturated carbocycles. The average molecular weight is 305 g/mol. The summed E-state index contributed by atoms with van der Waals surface area (Å²) in [4.78, 5) is 23.9. The zero-order chi connectivity index (χ0) is 15.9. The van der Waals surface area contributed by atoms with E-state index in [0.717, 1.165) is 18.4 Å². The summed E-state index contributed by atoms with van der Waals surface area (Å²) in [7, 11) is 1.61. The Hall–Kier alpha value is -1.92. The average Bonchev–Trinajstić information content (AvgIpc) is 3.30. The largest absolute Gasteiger partial charge is 0.383 e. The lowest BCUT2D eigenvalue weighted by atomic mass is 10.1. The van der Waals surface area contributed by atoms with Crippen molar-refractivity contribution in [2.24, 2.45) is 0 Å². The molecule has 120 valence electrons. The Labute approximate surface area is 130 Å². The molecule has 3 N–H and O–H groups in total. The number of aryl methyl sites for hydroxylation is 1. The van der Waals surface area contributed by atoms with Gasteiger partial charge in [-0.1, -0.05) is 6.07 Å². The summed E-state index contributed by atoms with van der Waals surface area (Å²) in [5, 5.41) is 8.75. The maximum absolute atomic E-state index is 12.0. The minimum absolute atomic E-state index is 0.0868. The van der Waals surface area contributed by atoms with E-state index >= 15 is 0 Å². The van der Waals surface area contributed by atoms with Crippen LogP contribution in [0, 0.1) is 6.92 Å². The molecule has 0 bridgehead atoms. The van der Waals surface area contributed by atoms with Crippen molar-refractivity contribution in [3.8, 4) is 0 Å². The number of nitrogens with one attached hydrogen (secondary N) is 3. The van der Waals surface area contributed by atoms with Crippen LogP contribution in [0.15, 0.2) is 18.2 Å². The number of carbonyl (C=O) groups excluding carboxylic acids is 2. The van der Waals surface area contributed by atoms with Crippen molar-refractivity contribution in [2.75, 3.05) is 32.1 Å². The predicted molar refractivity (Wildman–Crippen MR) is 85.0 cm³/mol. The lowest BCUT2D eigenvalue weighted by molar-refractivity contribution is -0.115. The predicted octanol–water partition coefficient (Wildman–Crippen LogP) is 1.06. The summed E-state index contributed by atoms with van der Waals surface area (Å²) in [6.07, 6.45) is 2.10. The molecule has 1 aromatic carbocycles. The van der Waals surface area contributed by atoms with Gasteiger partial charge in [-0.25, -0.2) is 0 Å². The highest BCUT2D eigenvalue weighted by Gasteiger charge is 2.24. The van der Waals surface area contributed by atoms with E-state index in [0.29, 0.717) is 30.4 Å². The Morgan fingerprint density at radius 3 is 2.77 bits per heavy atom. The standard InChI is InChI=1S/C16H23N3O3/c1-11-3-4-12(16(21)18-13-5-6-13)9-14(11)19-15(20)10-17-7-8-22-2/h3-4,9,13,17H,5-8,10H2,1-2H3,(H,18,21)(H,19,20). The van der Waals surface area contributed by atoms with Crippen LogP contribution in [-0.4, -0.2) is 44.7 Å². The van der Waals surface area contributed by atoms with E-state index in [2.05, 4.69) is 16.0 Å². The van der Waals surface area contributed by atoms with Gasteiger partial charge in [0.15, 0.2) is 0 Å². The number of methoxy groups -OCH3 is 1. The minimum Gasteiger partial charge on any atom is -0.383 e. The number of benzene rings is 1. The van der Waals surface area contributed by atoms with Gasteiger partial charge in [-0.05, 0) is 37.5 Å². The third kappa shape index (κ3) is 5.13. The number of ether oxygens (including phenoxy) is 1. The zero-order valence-electron chi connectivity index (χ0n) is 13.1. The fourth-order valence-corrected chi connectivity index (χ4v) is 1.96. The van der Waals surface area contributed by atoms with E-state index in [1.807, 2.05) is 13.0 Å². The third-order valence-corrected chi connectivity index (χ3v) is 3.45. The van der Waals surface area contributed by atoms with Gasteiger partial charge in [-0.15, -0.1) is 0 Å². The van der Waals surface area contributed by atoms with E-state index in [1.165, 1.54) is 0 Å². The van der Waals surface area contributed by atoms with Crippen LogP contribution in [0.3, 0.4) is 0 Å². The highest BCUT2D eigenvalue weighted by Crippen LogP contribution is 2.21. The summed E-state index contributed by atoms with van der Waals surface area (Å²) in [6, 6.07) is 5.66. The molecule has 0 spiro atoms. The van der Waals surface area contributed by atoms with E-state index in [9.17, 15) is 9.59 Å². The molecule has 0 heterocycles. The van der Waals surface area contributed by atoms with E-state index in [4.69, 9.17) is 4.74 Å². The molecule has 6 heteroatoms. The topological polar surface area (TPSA) is 79.5 Å². The number of hydrogen-bond acceptors (Lipinski definition) is 4. The Kier molecular flexibility index (Phi) is 5.91. The molecule has 0 unspecified atom stereocenters. The molecule has 1 aromatic rings. The Morgan fingerprint density at radius 2 is 2.09 bits per heavy atom. The fourth-order valence-electron chi connectivity index (χ4n) is 1.96. The summed E-state index contributed by atoms with van der Waals surface area (Å²) in [6.45, 7) is 3.29. The maximum atomic E-state index is 12.0. The van der Waals surface area contributed by atoms with Crippen LogP contribution in [0.1, 0.15) is 28.8 Å². The Balaban J connectivity index is 1.91. The van der Waals surface area contributed by atoms with E-state index in [1.54, 1.807) is 19.2 Å². The van der Waals surface area contributed by atoms with Crippen LogP contribution in [0.4, 0.5) is 5.69 Å². The molecule has 1 fully saturated rings. The van der Waals surface area contributed by atoms with Gasteiger partial charge in [0.25, 0.3) is 5.91 Å². The molecule has 0 saturated heterocycles. The fraction of sp³-hybridized carbons (Fsp3) is 0.500. The number of anilines is 1. The molecule has 6 nitrogen and oxygen atoms in total. The van der Waals surface area contributed by atoms with E-state index < -0.39 is 0 Å². The van der Waals surface area contributed by atoms with Crippen LogP contribution in [0.25, 0.3) is 0 Å². The normalized spacial score (nSPS) is 13.7. The zero-order valence-corrected chi connectivity index (χ0v) is 13.1. The molecule has 0 aromatic heterocycles. The van der Waals surface area contributed by atoms with Gasteiger partial charge in [-0.2, -0.15) is 0 Å². The number of amides is 2. The molecule has 2 rings (SSSR count). The molecular formula is C16H23N3O3. The van der Waals surface area contributed by atoms with Crippen molar-refractivity contribution in [1.82, 2.24) is 10.6 Å². The van der Waals surface area contributed by atoms with Crippen molar-refractivity contribution in [3.05, 3.63) is 29.3 Å². The van der Waals surface area contributed by atoms with Crippen LogP contribution >= 0.6 is 0 Å². The first-order valence-electron chi connectivity index (χ1n) is 7.51. The molecule has 0 aliphatic heterocycles. The van der Waals surface area contributed by atoms with Gasteiger partial charge in [0.1, 0.15) is 0 Å². The Bertz CT molecular complexity index is 541. The van der Waals surface area contributed by atoms with Crippen LogP contribution in [-0.2, 0) is 9.53 Å². The van der Waals surface area contributed by atoms with Gasteiger partial charge >= 0.3 is 0 Å². The van der Waals surface area contributed by atoms with Gasteiger partial charge < -0.3 is 20.7 Å². The van der Waals surface area contributed by atoms with Crippen LogP contribution in [0.2, 0.25) is 0 Å². The van der Waals surface area contributed by atoms with Crippen LogP contribution in [0.5, 0.6) is 0 Å². The van der Waals surface area contributed by atoms with Crippen molar-refractivity contribution in [3.63, 3.8) is 0 Å². The smallest absolute Gasteiger partial charge is 0.251 e. The number of hydrogen-bond donors (Lipinski definition) is 3. The number of rotatable bonds is 8. The molecule has 0 atom stereocenters. The quantitative estimate of drug-likeness (QED) is 0.628. The van der Waals surface area contributed by atoms with Crippen molar-refractivity contribution in [1.29, 1.82) is 0 Å². The molecule has 1 aliphatic rings. The van der Waals surface area contributed by atoms with Crippen molar-refractivity contribution < 1.29 is 14.3 Å². The minimum atomic E-state index is -0.140. The lowest BCUT2D eigenvalue weighted by Gasteiger charge is -2.11. The summed E-state index contributed by atoms with van der Waals surface area (Å²) >= 11 is 0. The first-order valence-corrected chi connectivity index (χ1v) is 7.51. The second-order valence-corrected chi connectivity index (χ2v) is 5.50. The Morgan fingerprint density at radius 1 is 1.32 bits per heavy atom. The maximum Gasteiger partial charge on any atom is 0.251 e. The highest BCUT2D eigenvalue weighted by atomic mass is 16.5. The van der Waals surface area contributed by atoms with Crippen molar-refractivity contribution in [2.45, 2.75) is 25.8 Å². The monoisotopic (exact) mass is 305 g/mol. The molecule has 0 radical (unpaired) electrons. The van der Waals surface area contributed by atoms with E-state index in [-0.39, 0.29) is 18.4 Å². The molecular weight excluding hydrogens is 282 g/mol. The second kappa shape index (κ2) is 7.91. The third-order valence-electron chi connectivity index (χ3n) is 3.45. The molecule has 22 heavy (non-hydrogen) atoms. The number of carbonyl (C=O) groups is 2. The highest BCUT2D eigenvalue weighted by molar-refractivity contribution is 5.98. The van der Waals surface area contributed by atoms with Crippen molar-refractivity contribution >= 4 is 17.5 Å². The first kappa shape index (κ1) is 16.5. The molecule has 2 amide bonds. The lowest BCUT2D eigenvalue weighted by Crippen LogP contribution is -2.30. The second-order valence-electron chi connectivity index (χ2n) is 5.50. The first-order chi connectivity index (χ1) is 10.6. The van der Waals surface area contributed by atoms with Gasteiger partial charge in [0, 0.05) is 30.9 Å². The summed E-state index contributed by atoms with van der Waals surface area (Å²) in [5.74, 6) is -0.227. The molecule has 1 aliphatic carbocycles. The van der Waals surface area contributed by atoms with Gasteiger partial charge in [0.05, 0.1) is 13.2 Å². The summed E-state index contributed by atoms with van der Waals surface area (Å²) < 4.78 is 4.90.